The molecule has 0 amide bonds. The Balaban J connectivity index is 2.31. The minimum Gasteiger partial charge on any atom is -0.462 e. The normalized spacial score (nSPS) is 11.5. The number of nitrogens with one attached hydrogen (secondary N) is 1. The first kappa shape index (κ1) is 13.9. The highest BCUT2D eigenvalue weighted by Gasteiger charge is 2.26. The highest BCUT2D eigenvalue weighted by atomic mass is 16.5. The Labute approximate surface area is 128 Å². The van der Waals surface area contributed by atoms with E-state index in [1.165, 1.54) is 0 Å². The lowest BCUT2D eigenvalue weighted by atomic mass is 9.88. The maximum Gasteiger partial charge on any atom is 0.349 e. The van der Waals surface area contributed by atoms with E-state index in [9.17, 15) is 10.1 Å². The van der Waals surface area contributed by atoms with E-state index in [0.29, 0.717) is 5.57 Å². The highest BCUT2D eigenvalue weighted by molar-refractivity contribution is 6.10. The van der Waals surface area contributed by atoms with Gasteiger partial charge in [-0.25, -0.2) is 4.79 Å². The Hall–Kier alpha value is -3.06. The lowest BCUT2D eigenvalue weighted by Crippen LogP contribution is -2.13. The monoisotopic (exact) mass is 290 g/mol. The van der Waals surface area contributed by atoms with E-state index in [1.807, 2.05) is 54.6 Å². The van der Waals surface area contributed by atoms with Crippen LogP contribution >= 0.6 is 0 Å². The molecule has 0 fully saturated rings. The molecule has 0 spiro atoms. The molecule has 2 aromatic carbocycles. The molecule has 4 heteroatoms. The molecular formula is C18H14N2O2. The first-order valence-electron chi connectivity index (χ1n) is 7.03. The molecule has 2 aromatic rings. The van der Waals surface area contributed by atoms with E-state index in [-0.39, 0.29) is 12.2 Å². The van der Waals surface area contributed by atoms with Crippen molar-refractivity contribution in [3.05, 3.63) is 65.2 Å². The van der Waals surface area contributed by atoms with E-state index < -0.39 is 5.97 Å². The molecule has 108 valence electrons. The molecule has 0 aliphatic carbocycles. The third-order valence-electron chi connectivity index (χ3n) is 3.50. The summed E-state index contributed by atoms with van der Waals surface area (Å²) in [5.74, 6) is -0.591. The Kier molecular flexibility index (Phi) is 3.63. The molecule has 0 aromatic heterocycles. The number of fused-ring (bicyclic) bond motifs is 2. The van der Waals surface area contributed by atoms with Crippen molar-refractivity contribution in [2.24, 2.45) is 0 Å². The Morgan fingerprint density at radius 2 is 1.64 bits per heavy atom. The average molecular weight is 290 g/mol. The molecule has 0 unspecified atom stereocenters. The van der Waals surface area contributed by atoms with Crippen LogP contribution in [0.5, 0.6) is 0 Å². The SMILES string of the molecule is CCOC(=O)C(C#N)=C1c2ccccc2Nc2ccccc21. The summed E-state index contributed by atoms with van der Waals surface area (Å²) in [6.07, 6.45) is 0. The van der Waals surface area contributed by atoms with E-state index in [0.717, 1.165) is 22.5 Å². The van der Waals surface area contributed by atoms with Crippen LogP contribution in [0.1, 0.15) is 18.1 Å². The van der Waals surface area contributed by atoms with Gasteiger partial charge in [-0.2, -0.15) is 5.26 Å². The van der Waals surface area contributed by atoms with Crippen LogP contribution in [0.25, 0.3) is 5.57 Å². The fourth-order valence-electron chi connectivity index (χ4n) is 2.59. The van der Waals surface area contributed by atoms with Crippen molar-refractivity contribution in [1.82, 2.24) is 0 Å². The second-order valence-corrected chi connectivity index (χ2v) is 4.80. The van der Waals surface area contributed by atoms with Crippen molar-refractivity contribution in [2.45, 2.75) is 6.92 Å². The lowest BCUT2D eigenvalue weighted by molar-refractivity contribution is -0.137. The topological polar surface area (TPSA) is 62.1 Å². The van der Waals surface area contributed by atoms with E-state index in [1.54, 1.807) is 6.92 Å². The van der Waals surface area contributed by atoms with Crippen LogP contribution < -0.4 is 5.32 Å². The molecule has 0 atom stereocenters. The number of nitrogens with zero attached hydrogens (tertiary/aromatic N) is 1. The summed E-state index contributed by atoms with van der Waals surface area (Å²) in [7, 11) is 0. The largest absolute Gasteiger partial charge is 0.462 e. The smallest absolute Gasteiger partial charge is 0.349 e. The van der Waals surface area contributed by atoms with Crippen molar-refractivity contribution in [3.8, 4) is 6.07 Å². The van der Waals surface area contributed by atoms with Gasteiger partial charge in [0.1, 0.15) is 11.6 Å². The zero-order valence-corrected chi connectivity index (χ0v) is 12.1. The summed E-state index contributed by atoms with van der Waals surface area (Å²) in [5, 5.41) is 12.8. The third kappa shape index (κ3) is 2.23. The van der Waals surface area contributed by atoms with Gasteiger partial charge >= 0.3 is 5.97 Å². The van der Waals surface area contributed by atoms with Gasteiger partial charge in [-0.05, 0) is 19.1 Å². The molecule has 4 nitrogen and oxygen atoms in total. The summed E-state index contributed by atoms with van der Waals surface area (Å²) < 4.78 is 5.04. The third-order valence-corrected chi connectivity index (χ3v) is 3.50. The van der Waals surface area contributed by atoms with Crippen LogP contribution in [0.15, 0.2) is 54.1 Å². The van der Waals surface area contributed by atoms with Crippen molar-refractivity contribution in [3.63, 3.8) is 0 Å². The molecular weight excluding hydrogens is 276 g/mol. The van der Waals surface area contributed by atoms with Crippen molar-refractivity contribution in [1.29, 1.82) is 5.26 Å². The van der Waals surface area contributed by atoms with Gasteiger partial charge in [0.15, 0.2) is 0 Å². The maximum absolute atomic E-state index is 12.2. The fraction of sp³-hybridized carbons (Fsp3) is 0.111. The number of anilines is 2. The number of nitriles is 1. The summed E-state index contributed by atoms with van der Waals surface area (Å²) in [5.41, 5.74) is 4.03. The number of esters is 1. The molecule has 0 bridgehead atoms. The van der Waals surface area contributed by atoms with Gasteiger partial charge in [0, 0.05) is 28.1 Å². The Morgan fingerprint density at radius 1 is 1.09 bits per heavy atom. The number of rotatable bonds is 2. The second-order valence-electron chi connectivity index (χ2n) is 4.80. The highest BCUT2D eigenvalue weighted by Crippen LogP contribution is 2.41. The average Bonchev–Trinajstić information content (AvgIpc) is 2.55. The standard InChI is InChI=1S/C18H14N2O2/c1-2-22-18(21)14(11-19)17-12-7-3-5-9-15(12)20-16-10-6-4-8-13(16)17/h3-10,20H,2H2,1H3. The number of para-hydroxylation sites is 2. The van der Waals surface area contributed by atoms with Crippen LogP contribution in [-0.4, -0.2) is 12.6 Å². The zero-order valence-electron chi connectivity index (χ0n) is 12.1. The zero-order chi connectivity index (χ0) is 15.5. The maximum atomic E-state index is 12.2. The number of hydrogen-bond acceptors (Lipinski definition) is 4. The first-order valence-corrected chi connectivity index (χ1v) is 7.03. The van der Waals surface area contributed by atoms with Gasteiger partial charge in [-0.15, -0.1) is 0 Å². The van der Waals surface area contributed by atoms with Gasteiger partial charge in [0.2, 0.25) is 0 Å². The van der Waals surface area contributed by atoms with Crippen LogP contribution in [-0.2, 0) is 9.53 Å². The molecule has 0 saturated carbocycles. The van der Waals surface area contributed by atoms with Crippen molar-refractivity contribution in [2.75, 3.05) is 11.9 Å². The minimum absolute atomic E-state index is 0.0308. The summed E-state index contributed by atoms with van der Waals surface area (Å²) in [6.45, 7) is 1.96. The van der Waals surface area contributed by atoms with Crippen LogP contribution in [0.4, 0.5) is 11.4 Å². The number of benzene rings is 2. The molecule has 0 radical (unpaired) electrons. The lowest BCUT2D eigenvalue weighted by Gasteiger charge is -2.24. The molecule has 3 rings (SSSR count). The summed E-state index contributed by atoms with van der Waals surface area (Å²) >= 11 is 0. The van der Waals surface area contributed by atoms with E-state index in [4.69, 9.17) is 4.74 Å². The van der Waals surface area contributed by atoms with Crippen molar-refractivity contribution < 1.29 is 9.53 Å². The first-order chi connectivity index (χ1) is 10.8. The number of carbonyl (C=O) groups excluding carboxylic acids is 1. The molecule has 1 heterocycles. The molecule has 1 aliphatic rings. The summed E-state index contributed by atoms with van der Waals surface area (Å²) in [6, 6.07) is 17.2. The van der Waals surface area contributed by atoms with E-state index >= 15 is 0 Å². The Bertz CT molecular complexity index is 768. The Morgan fingerprint density at radius 3 is 2.14 bits per heavy atom. The van der Waals surface area contributed by atoms with Crippen LogP contribution in [0.3, 0.4) is 0 Å². The fourth-order valence-corrected chi connectivity index (χ4v) is 2.59. The molecule has 1 aliphatic heterocycles. The number of carbonyl (C=O) groups is 1. The predicted octanol–water partition coefficient (Wildman–Crippen LogP) is 3.63. The predicted molar refractivity (Wildman–Crippen MR) is 84.4 cm³/mol. The quantitative estimate of drug-likeness (QED) is 0.445. The molecule has 0 saturated heterocycles. The van der Waals surface area contributed by atoms with Gasteiger partial charge in [-0.3, -0.25) is 0 Å². The number of hydrogen-bond donors (Lipinski definition) is 1. The van der Waals surface area contributed by atoms with Gasteiger partial charge in [0.05, 0.1) is 6.61 Å². The van der Waals surface area contributed by atoms with Gasteiger partial charge in [0.25, 0.3) is 0 Å². The van der Waals surface area contributed by atoms with Gasteiger partial charge < -0.3 is 10.1 Å². The molecule has 1 N–H and O–H groups in total. The second kappa shape index (κ2) is 5.74. The number of ether oxygens (including phenoxy) is 1. The van der Waals surface area contributed by atoms with Gasteiger partial charge in [-0.1, -0.05) is 36.4 Å². The van der Waals surface area contributed by atoms with Crippen LogP contribution in [0.2, 0.25) is 0 Å². The minimum atomic E-state index is -0.591. The summed E-state index contributed by atoms with van der Waals surface area (Å²) in [4.78, 5) is 12.2. The van der Waals surface area contributed by atoms with E-state index in [2.05, 4.69) is 5.32 Å². The molecule has 22 heavy (non-hydrogen) atoms. The van der Waals surface area contributed by atoms with Crippen LogP contribution in [0, 0.1) is 11.3 Å². The van der Waals surface area contributed by atoms with Crippen molar-refractivity contribution >= 4 is 22.9 Å².